The van der Waals surface area contributed by atoms with Crippen molar-refractivity contribution in [3.05, 3.63) is 42.4 Å². The van der Waals surface area contributed by atoms with E-state index in [0.29, 0.717) is 17.1 Å². The van der Waals surface area contributed by atoms with E-state index in [0.717, 1.165) is 16.3 Å². The van der Waals surface area contributed by atoms with Crippen molar-refractivity contribution in [1.82, 2.24) is 30.2 Å². The molecular formula is C13H11F3N6S. The van der Waals surface area contributed by atoms with E-state index in [-0.39, 0.29) is 10.9 Å². The van der Waals surface area contributed by atoms with Gasteiger partial charge in [0.05, 0.1) is 17.6 Å². The molecule has 0 saturated carbocycles. The molecule has 0 amide bonds. The number of nitrogens with zero attached hydrogens (tertiary/aromatic N) is 5. The fraction of sp³-hybridized carbons (Fsp3) is 0.231. The van der Waals surface area contributed by atoms with E-state index in [1.807, 2.05) is 0 Å². The third-order valence-corrected chi connectivity index (χ3v) is 3.93. The Hall–Kier alpha value is -2.36. The molecule has 1 aromatic carbocycles. The van der Waals surface area contributed by atoms with Crippen molar-refractivity contribution in [1.29, 1.82) is 0 Å². The van der Waals surface area contributed by atoms with E-state index in [9.17, 15) is 13.2 Å². The number of aromatic nitrogens is 6. The molecule has 3 rings (SSSR count). The number of thioether (sulfide) groups is 1. The summed E-state index contributed by atoms with van der Waals surface area (Å²) in [5.74, 6) is 0.678. The van der Waals surface area contributed by atoms with Crippen molar-refractivity contribution >= 4 is 11.8 Å². The molecule has 0 saturated heterocycles. The van der Waals surface area contributed by atoms with Crippen LogP contribution in [-0.4, -0.2) is 36.4 Å². The van der Waals surface area contributed by atoms with E-state index in [1.54, 1.807) is 30.3 Å². The van der Waals surface area contributed by atoms with Gasteiger partial charge in [0, 0.05) is 0 Å². The molecule has 2 heterocycles. The van der Waals surface area contributed by atoms with E-state index < -0.39 is 12.7 Å². The lowest BCUT2D eigenvalue weighted by atomic mass is 10.2. The van der Waals surface area contributed by atoms with Crippen molar-refractivity contribution in [3.63, 3.8) is 0 Å². The fourth-order valence-corrected chi connectivity index (χ4v) is 2.84. The Balaban J connectivity index is 1.91. The Labute approximate surface area is 133 Å². The van der Waals surface area contributed by atoms with Crippen molar-refractivity contribution < 1.29 is 13.2 Å². The molecule has 0 atom stereocenters. The lowest BCUT2D eigenvalue weighted by molar-refractivity contribution is -0.141. The molecule has 2 aromatic heterocycles. The maximum Gasteiger partial charge on any atom is 0.406 e. The number of rotatable bonds is 5. The largest absolute Gasteiger partial charge is 0.406 e. The lowest BCUT2D eigenvalue weighted by Crippen LogP contribution is -2.19. The van der Waals surface area contributed by atoms with Crippen molar-refractivity contribution in [3.8, 4) is 11.3 Å². The number of alkyl halides is 3. The predicted octanol–water partition coefficient (Wildman–Crippen LogP) is 2.92. The maximum absolute atomic E-state index is 12.9. The number of hydrogen-bond donors (Lipinski definition) is 1. The Morgan fingerprint density at radius 1 is 1.17 bits per heavy atom. The Kier molecular flexibility index (Phi) is 4.33. The molecular weight excluding hydrogens is 329 g/mol. The first-order chi connectivity index (χ1) is 11.0. The zero-order valence-electron chi connectivity index (χ0n) is 11.7. The van der Waals surface area contributed by atoms with Gasteiger partial charge in [-0.3, -0.25) is 0 Å². The number of imidazole rings is 1. The van der Waals surface area contributed by atoms with Crippen LogP contribution in [0.25, 0.3) is 11.3 Å². The smallest absolute Gasteiger partial charge is 0.310 e. The highest BCUT2D eigenvalue weighted by molar-refractivity contribution is 7.98. The van der Waals surface area contributed by atoms with Gasteiger partial charge in [-0.25, -0.2) is 4.98 Å². The summed E-state index contributed by atoms with van der Waals surface area (Å²) in [4.78, 5) is 4.12. The first kappa shape index (κ1) is 15.5. The molecule has 0 aliphatic heterocycles. The zero-order chi connectivity index (χ0) is 16.3. The number of aromatic amines is 1. The fourth-order valence-electron chi connectivity index (χ4n) is 2.02. The average molecular weight is 340 g/mol. The van der Waals surface area contributed by atoms with Crippen LogP contribution in [0.4, 0.5) is 13.2 Å². The minimum Gasteiger partial charge on any atom is -0.310 e. The Morgan fingerprint density at radius 2 is 1.96 bits per heavy atom. The van der Waals surface area contributed by atoms with Crippen LogP contribution in [0.2, 0.25) is 0 Å². The molecule has 0 fully saturated rings. The molecule has 10 heteroatoms. The predicted molar refractivity (Wildman–Crippen MR) is 77.5 cm³/mol. The van der Waals surface area contributed by atoms with Gasteiger partial charge in [0.1, 0.15) is 6.54 Å². The Bertz CT molecular complexity index is 754. The molecule has 3 aromatic rings. The van der Waals surface area contributed by atoms with Gasteiger partial charge in [-0.2, -0.15) is 18.4 Å². The number of hydrogen-bond acceptors (Lipinski definition) is 5. The highest BCUT2D eigenvalue weighted by Crippen LogP contribution is 2.30. The van der Waals surface area contributed by atoms with Crippen LogP contribution < -0.4 is 0 Å². The summed E-state index contributed by atoms with van der Waals surface area (Å²) in [6.45, 7) is -1.11. The minimum atomic E-state index is -4.34. The van der Waals surface area contributed by atoms with Gasteiger partial charge in [0.25, 0.3) is 0 Å². The van der Waals surface area contributed by atoms with E-state index in [4.69, 9.17) is 0 Å². The zero-order valence-corrected chi connectivity index (χ0v) is 12.5. The summed E-state index contributed by atoms with van der Waals surface area (Å²) >= 11 is 1.13. The number of halogens is 3. The molecule has 1 N–H and O–H groups in total. The quantitative estimate of drug-likeness (QED) is 0.723. The second-order valence-corrected chi connectivity index (χ2v) is 5.55. The molecule has 23 heavy (non-hydrogen) atoms. The molecule has 0 aliphatic carbocycles. The SMILES string of the molecule is FC(F)(F)Cn1c(-c2ccccc2)cnc1SCc1nn[nH]n1. The van der Waals surface area contributed by atoms with E-state index in [1.165, 1.54) is 6.20 Å². The van der Waals surface area contributed by atoms with Gasteiger partial charge >= 0.3 is 6.18 Å². The molecule has 0 spiro atoms. The number of benzene rings is 1. The van der Waals surface area contributed by atoms with Crippen molar-refractivity contribution in [2.45, 2.75) is 23.6 Å². The summed E-state index contributed by atoms with van der Waals surface area (Å²) in [6.07, 6.45) is -2.90. The summed E-state index contributed by atoms with van der Waals surface area (Å²) in [6, 6.07) is 8.84. The maximum atomic E-state index is 12.9. The molecule has 0 unspecified atom stereocenters. The first-order valence-corrected chi connectivity index (χ1v) is 7.54. The van der Waals surface area contributed by atoms with Gasteiger partial charge in [-0.05, 0) is 5.56 Å². The molecule has 0 aliphatic rings. The normalized spacial score (nSPS) is 11.8. The van der Waals surface area contributed by atoms with E-state index >= 15 is 0 Å². The molecule has 120 valence electrons. The first-order valence-electron chi connectivity index (χ1n) is 6.56. The van der Waals surface area contributed by atoms with Gasteiger partial charge in [-0.1, -0.05) is 47.3 Å². The van der Waals surface area contributed by atoms with Crippen LogP contribution in [0.5, 0.6) is 0 Å². The minimum absolute atomic E-state index is 0.256. The summed E-state index contributed by atoms with van der Waals surface area (Å²) < 4.78 is 39.9. The third-order valence-electron chi connectivity index (χ3n) is 2.95. The van der Waals surface area contributed by atoms with Crippen LogP contribution >= 0.6 is 11.8 Å². The van der Waals surface area contributed by atoms with Crippen molar-refractivity contribution in [2.24, 2.45) is 0 Å². The number of H-pyrrole nitrogens is 1. The van der Waals surface area contributed by atoms with Gasteiger partial charge in [-0.15, -0.1) is 10.2 Å². The summed E-state index contributed by atoms with van der Waals surface area (Å²) in [7, 11) is 0. The highest BCUT2D eigenvalue weighted by Gasteiger charge is 2.30. The Morgan fingerprint density at radius 3 is 2.61 bits per heavy atom. The van der Waals surface area contributed by atoms with Crippen molar-refractivity contribution in [2.75, 3.05) is 0 Å². The van der Waals surface area contributed by atoms with Crippen LogP contribution in [-0.2, 0) is 12.3 Å². The van der Waals surface area contributed by atoms with Gasteiger partial charge < -0.3 is 4.57 Å². The van der Waals surface area contributed by atoms with E-state index in [2.05, 4.69) is 25.6 Å². The van der Waals surface area contributed by atoms with Gasteiger partial charge in [0.15, 0.2) is 11.0 Å². The molecule has 0 radical (unpaired) electrons. The van der Waals surface area contributed by atoms with Crippen LogP contribution in [0.3, 0.4) is 0 Å². The standard InChI is InChI=1S/C13H11F3N6S/c14-13(15,16)8-22-10(9-4-2-1-3-5-9)6-17-12(22)23-7-11-18-20-21-19-11/h1-6H,7-8H2,(H,18,19,20,21). The monoisotopic (exact) mass is 340 g/mol. The molecule has 0 bridgehead atoms. The lowest BCUT2D eigenvalue weighted by Gasteiger charge is -2.13. The third kappa shape index (κ3) is 3.89. The average Bonchev–Trinajstić information content (AvgIpc) is 3.14. The highest BCUT2D eigenvalue weighted by atomic mass is 32.2. The van der Waals surface area contributed by atoms with Crippen LogP contribution in [0.15, 0.2) is 41.7 Å². The summed E-state index contributed by atoms with van der Waals surface area (Å²) in [5.41, 5.74) is 1.09. The second kappa shape index (κ2) is 6.41. The summed E-state index contributed by atoms with van der Waals surface area (Å²) in [5, 5.41) is 13.5. The number of tetrazole rings is 1. The van der Waals surface area contributed by atoms with Crippen LogP contribution in [0, 0.1) is 0 Å². The van der Waals surface area contributed by atoms with Gasteiger partial charge in [0.2, 0.25) is 0 Å². The van der Waals surface area contributed by atoms with Crippen LogP contribution in [0.1, 0.15) is 5.82 Å². The second-order valence-electron chi connectivity index (χ2n) is 4.61. The topological polar surface area (TPSA) is 72.3 Å². The number of nitrogens with one attached hydrogen (secondary N) is 1. The molecule has 6 nitrogen and oxygen atoms in total.